The number of hydrogen-bond acceptors (Lipinski definition) is 4. The highest BCUT2D eigenvalue weighted by Crippen LogP contribution is 2.15. The van der Waals surface area contributed by atoms with E-state index < -0.39 is 0 Å². The lowest BCUT2D eigenvalue weighted by Crippen LogP contribution is -1.86. The van der Waals surface area contributed by atoms with E-state index in [0.717, 1.165) is 0 Å². The molecule has 0 aliphatic rings. The summed E-state index contributed by atoms with van der Waals surface area (Å²) in [5.41, 5.74) is 0. The van der Waals surface area contributed by atoms with Crippen molar-refractivity contribution in [1.29, 1.82) is 0 Å². The standard InChI is InChI=1S/C14H12O4/c1-9(15)13-7-5-11(17-13)3-4-12-6-8-14(18-12)10(2)16/h3-8H,1-2H3. The zero-order valence-corrected chi connectivity index (χ0v) is 10.1. The summed E-state index contributed by atoms with van der Waals surface area (Å²) in [7, 11) is 0. The topological polar surface area (TPSA) is 60.4 Å². The van der Waals surface area contributed by atoms with Gasteiger partial charge in [0.2, 0.25) is 0 Å². The number of ketones is 2. The van der Waals surface area contributed by atoms with Gasteiger partial charge in [-0.2, -0.15) is 0 Å². The van der Waals surface area contributed by atoms with E-state index in [1.54, 1.807) is 36.4 Å². The molecule has 2 aromatic heterocycles. The first-order valence-electron chi connectivity index (χ1n) is 5.46. The lowest BCUT2D eigenvalue weighted by Gasteiger charge is -1.88. The largest absolute Gasteiger partial charge is 0.454 e. The van der Waals surface area contributed by atoms with Crippen LogP contribution in [0.15, 0.2) is 33.1 Å². The van der Waals surface area contributed by atoms with Crippen LogP contribution in [0.1, 0.15) is 46.5 Å². The van der Waals surface area contributed by atoms with Crippen LogP contribution in [0.25, 0.3) is 12.2 Å². The summed E-state index contributed by atoms with van der Waals surface area (Å²) in [5, 5.41) is 0. The molecule has 0 aliphatic carbocycles. The summed E-state index contributed by atoms with van der Waals surface area (Å²) in [6.07, 6.45) is 3.35. The predicted molar refractivity (Wildman–Crippen MR) is 66.4 cm³/mol. The first-order chi connectivity index (χ1) is 8.56. The maximum absolute atomic E-state index is 11.0. The molecule has 4 nitrogen and oxygen atoms in total. The van der Waals surface area contributed by atoms with Crippen molar-refractivity contribution in [3.63, 3.8) is 0 Å². The van der Waals surface area contributed by atoms with Crippen molar-refractivity contribution < 1.29 is 18.4 Å². The minimum atomic E-state index is -0.119. The number of carbonyl (C=O) groups excluding carboxylic acids is 2. The van der Waals surface area contributed by atoms with Crippen LogP contribution in [-0.2, 0) is 0 Å². The summed E-state index contributed by atoms with van der Waals surface area (Å²) < 4.78 is 10.6. The van der Waals surface area contributed by atoms with E-state index in [1.807, 2.05) is 0 Å². The van der Waals surface area contributed by atoms with Gasteiger partial charge in [0.05, 0.1) is 0 Å². The maximum Gasteiger partial charge on any atom is 0.194 e. The molecule has 0 atom stereocenters. The van der Waals surface area contributed by atoms with Gasteiger partial charge in [-0.3, -0.25) is 9.59 Å². The molecule has 0 N–H and O–H groups in total. The number of rotatable bonds is 4. The van der Waals surface area contributed by atoms with Gasteiger partial charge in [-0.15, -0.1) is 0 Å². The highest BCUT2D eigenvalue weighted by Gasteiger charge is 2.05. The third kappa shape index (κ3) is 2.66. The van der Waals surface area contributed by atoms with Crippen molar-refractivity contribution in [2.24, 2.45) is 0 Å². The minimum absolute atomic E-state index is 0.119. The van der Waals surface area contributed by atoms with Crippen LogP contribution in [-0.4, -0.2) is 11.6 Å². The molecular formula is C14H12O4. The fourth-order valence-corrected chi connectivity index (χ4v) is 1.43. The molecule has 0 radical (unpaired) electrons. The summed E-state index contributed by atoms with van der Waals surface area (Å²) in [5.74, 6) is 1.51. The second kappa shape index (κ2) is 4.87. The smallest absolute Gasteiger partial charge is 0.194 e. The van der Waals surface area contributed by atoms with E-state index in [2.05, 4.69) is 0 Å². The van der Waals surface area contributed by atoms with E-state index in [1.165, 1.54) is 13.8 Å². The normalized spacial score (nSPS) is 11.0. The highest BCUT2D eigenvalue weighted by atomic mass is 16.4. The van der Waals surface area contributed by atoms with E-state index in [9.17, 15) is 9.59 Å². The molecule has 18 heavy (non-hydrogen) atoms. The summed E-state index contributed by atoms with van der Waals surface area (Å²) in [4.78, 5) is 22.1. The van der Waals surface area contributed by atoms with Gasteiger partial charge >= 0.3 is 0 Å². The van der Waals surface area contributed by atoms with Crippen LogP contribution in [0.2, 0.25) is 0 Å². The first kappa shape index (κ1) is 12.1. The van der Waals surface area contributed by atoms with Crippen LogP contribution >= 0.6 is 0 Å². The first-order valence-corrected chi connectivity index (χ1v) is 5.46. The fourth-order valence-electron chi connectivity index (χ4n) is 1.43. The molecule has 0 aliphatic heterocycles. The molecule has 0 bridgehead atoms. The third-order valence-electron chi connectivity index (χ3n) is 2.36. The van der Waals surface area contributed by atoms with Crippen LogP contribution in [0.3, 0.4) is 0 Å². The molecule has 0 saturated heterocycles. The van der Waals surface area contributed by atoms with Crippen molar-refractivity contribution in [1.82, 2.24) is 0 Å². The molecular weight excluding hydrogens is 232 g/mol. The molecule has 0 spiro atoms. The molecule has 2 aromatic rings. The monoisotopic (exact) mass is 244 g/mol. The molecule has 4 heteroatoms. The van der Waals surface area contributed by atoms with Crippen molar-refractivity contribution in [2.45, 2.75) is 13.8 Å². The van der Waals surface area contributed by atoms with Crippen molar-refractivity contribution in [3.8, 4) is 0 Å². The van der Waals surface area contributed by atoms with Gasteiger partial charge in [0, 0.05) is 13.8 Å². The van der Waals surface area contributed by atoms with E-state index in [0.29, 0.717) is 23.0 Å². The molecule has 2 heterocycles. The quantitative estimate of drug-likeness (QED) is 0.773. The lowest BCUT2D eigenvalue weighted by atomic mass is 10.3. The van der Waals surface area contributed by atoms with Crippen molar-refractivity contribution in [2.75, 3.05) is 0 Å². The Morgan fingerprint density at radius 2 is 1.22 bits per heavy atom. The molecule has 92 valence electrons. The average Bonchev–Trinajstić information content (AvgIpc) is 2.95. The summed E-state index contributed by atoms with van der Waals surface area (Å²) >= 11 is 0. The Kier molecular flexibility index (Phi) is 3.28. The molecule has 0 fully saturated rings. The van der Waals surface area contributed by atoms with Gasteiger partial charge in [0.15, 0.2) is 23.1 Å². The Morgan fingerprint density at radius 3 is 1.50 bits per heavy atom. The van der Waals surface area contributed by atoms with E-state index in [-0.39, 0.29) is 11.6 Å². The summed E-state index contributed by atoms with van der Waals surface area (Å²) in [6, 6.07) is 6.63. The zero-order valence-electron chi connectivity index (χ0n) is 10.1. The van der Waals surface area contributed by atoms with Gasteiger partial charge < -0.3 is 8.83 Å². The Balaban J connectivity index is 2.13. The summed E-state index contributed by atoms with van der Waals surface area (Å²) in [6.45, 7) is 2.88. The highest BCUT2D eigenvalue weighted by molar-refractivity contribution is 5.92. The number of furan rings is 2. The molecule has 0 saturated carbocycles. The number of Topliss-reactive ketones (excluding diaryl/α,β-unsaturated/α-hetero) is 2. The molecule has 0 unspecified atom stereocenters. The molecule has 0 amide bonds. The van der Waals surface area contributed by atoms with Crippen molar-refractivity contribution in [3.05, 3.63) is 47.3 Å². The van der Waals surface area contributed by atoms with Crippen LogP contribution < -0.4 is 0 Å². The van der Waals surface area contributed by atoms with Crippen LogP contribution in [0.5, 0.6) is 0 Å². The Hall–Kier alpha value is -2.36. The second-order valence-corrected chi connectivity index (χ2v) is 3.85. The van der Waals surface area contributed by atoms with Crippen LogP contribution in [0, 0.1) is 0 Å². The van der Waals surface area contributed by atoms with Gasteiger partial charge in [0.25, 0.3) is 0 Å². The van der Waals surface area contributed by atoms with Gasteiger partial charge in [-0.25, -0.2) is 0 Å². The Bertz CT molecular complexity index is 559. The molecule has 0 aromatic carbocycles. The lowest BCUT2D eigenvalue weighted by molar-refractivity contribution is 0.0979. The minimum Gasteiger partial charge on any atom is -0.454 e. The van der Waals surface area contributed by atoms with Gasteiger partial charge in [-0.1, -0.05) is 0 Å². The van der Waals surface area contributed by atoms with Gasteiger partial charge in [0.1, 0.15) is 11.5 Å². The van der Waals surface area contributed by atoms with E-state index in [4.69, 9.17) is 8.83 Å². The number of hydrogen-bond donors (Lipinski definition) is 0. The number of carbonyl (C=O) groups is 2. The van der Waals surface area contributed by atoms with Crippen LogP contribution in [0.4, 0.5) is 0 Å². The van der Waals surface area contributed by atoms with E-state index >= 15 is 0 Å². The SMILES string of the molecule is CC(=O)c1ccc(C=Cc2ccc(C(C)=O)o2)o1. The predicted octanol–water partition coefficient (Wildman–Crippen LogP) is 3.45. The zero-order chi connectivity index (χ0) is 13.1. The Labute approximate surface area is 104 Å². The van der Waals surface area contributed by atoms with Crippen molar-refractivity contribution >= 4 is 23.7 Å². The maximum atomic E-state index is 11.0. The third-order valence-corrected chi connectivity index (χ3v) is 2.36. The Morgan fingerprint density at radius 1 is 0.833 bits per heavy atom. The fraction of sp³-hybridized carbons (Fsp3) is 0.143. The average molecular weight is 244 g/mol. The van der Waals surface area contributed by atoms with Gasteiger partial charge in [-0.05, 0) is 36.4 Å². The molecule has 2 rings (SSSR count). The second-order valence-electron chi connectivity index (χ2n) is 3.85.